The van der Waals surface area contributed by atoms with Crippen LogP contribution in [0, 0.1) is 13.8 Å². The molecule has 1 aliphatic rings. The Labute approximate surface area is 172 Å². The molecule has 0 radical (unpaired) electrons. The van der Waals surface area contributed by atoms with E-state index in [1.807, 2.05) is 13.0 Å². The Morgan fingerprint density at radius 1 is 1.18 bits per heavy atom. The van der Waals surface area contributed by atoms with Gasteiger partial charge in [0.25, 0.3) is 15.9 Å². The Balaban J connectivity index is 0.00000280. The molecule has 8 heteroatoms. The third-order valence-electron chi connectivity index (χ3n) is 4.74. The van der Waals surface area contributed by atoms with Crippen molar-refractivity contribution in [3.05, 3.63) is 59.2 Å². The summed E-state index contributed by atoms with van der Waals surface area (Å²) in [4.78, 5) is 14.7. The average molecular weight is 424 g/mol. The van der Waals surface area contributed by atoms with Gasteiger partial charge in [0.05, 0.1) is 4.90 Å². The molecule has 1 heterocycles. The van der Waals surface area contributed by atoms with Crippen molar-refractivity contribution in [2.24, 2.45) is 5.73 Å². The van der Waals surface area contributed by atoms with E-state index >= 15 is 0 Å². The van der Waals surface area contributed by atoms with Crippen molar-refractivity contribution in [3.63, 3.8) is 0 Å². The zero-order chi connectivity index (χ0) is 19.6. The van der Waals surface area contributed by atoms with Gasteiger partial charge in [-0.3, -0.25) is 9.52 Å². The molecule has 0 aromatic heterocycles. The van der Waals surface area contributed by atoms with Crippen molar-refractivity contribution < 1.29 is 13.2 Å². The zero-order valence-electron chi connectivity index (χ0n) is 16.0. The molecule has 6 nitrogen and oxygen atoms in total. The first kappa shape index (κ1) is 22.2. The van der Waals surface area contributed by atoms with Gasteiger partial charge >= 0.3 is 0 Å². The molecule has 1 saturated heterocycles. The van der Waals surface area contributed by atoms with Crippen LogP contribution >= 0.6 is 12.4 Å². The second-order valence-electron chi connectivity index (χ2n) is 7.11. The van der Waals surface area contributed by atoms with Crippen molar-refractivity contribution in [2.75, 3.05) is 17.8 Å². The molecule has 2 aromatic carbocycles. The SMILES string of the molecule is Cc1ccc(C)c(S(=O)(=O)Nc2cccc(C(=O)N3CCCC(N)C3)c2)c1.Cl. The summed E-state index contributed by atoms with van der Waals surface area (Å²) in [5.74, 6) is -0.127. The number of amides is 1. The molecule has 1 amide bonds. The topological polar surface area (TPSA) is 92.5 Å². The summed E-state index contributed by atoms with van der Waals surface area (Å²) in [5, 5.41) is 0. The summed E-state index contributed by atoms with van der Waals surface area (Å²) < 4.78 is 28.1. The predicted molar refractivity (Wildman–Crippen MR) is 114 cm³/mol. The molecule has 3 N–H and O–H groups in total. The Kier molecular flexibility index (Phi) is 7.09. The molecule has 1 fully saturated rings. The lowest BCUT2D eigenvalue weighted by Gasteiger charge is -2.30. The highest BCUT2D eigenvalue weighted by atomic mass is 35.5. The Hall–Kier alpha value is -2.09. The predicted octanol–water partition coefficient (Wildman–Crippen LogP) is 3.09. The van der Waals surface area contributed by atoms with E-state index in [1.54, 1.807) is 48.2 Å². The summed E-state index contributed by atoms with van der Waals surface area (Å²) >= 11 is 0. The fraction of sp³-hybridized carbons (Fsp3) is 0.350. The van der Waals surface area contributed by atoms with Crippen molar-refractivity contribution >= 4 is 34.0 Å². The number of carbonyl (C=O) groups excluding carboxylic acids is 1. The van der Waals surface area contributed by atoms with Crippen molar-refractivity contribution in [2.45, 2.75) is 37.6 Å². The highest BCUT2D eigenvalue weighted by Gasteiger charge is 2.23. The maximum atomic E-state index is 12.8. The van der Waals surface area contributed by atoms with Crippen LogP contribution in [-0.2, 0) is 10.0 Å². The van der Waals surface area contributed by atoms with E-state index in [0.29, 0.717) is 29.9 Å². The highest BCUT2D eigenvalue weighted by Crippen LogP contribution is 2.22. The minimum atomic E-state index is -3.74. The van der Waals surface area contributed by atoms with Gasteiger partial charge in [-0.1, -0.05) is 18.2 Å². The number of benzene rings is 2. The summed E-state index contributed by atoms with van der Waals surface area (Å²) in [7, 11) is -3.74. The first-order valence-electron chi connectivity index (χ1n) is 9.01. The number of carbonyl (C=O) groups is 1. The van der Waals surface area contributed by atoms with Crippen LogP contribution in [0.15, 0.2) is 47.4 Å². The number of hydrogen-bond donors (Lipinski definition) is 2. The molecule has 28 heavy (non-hydrogen) atoms. The summed E-state index contributed by atoms with van der Waals surface area (Å²) in [5.41, 5.74) is 8.31. The van der Waals surface area contributed by atoms with Crippen LogP contribution in [0.1, 0.15) is 34.3 Å². The number of nitrogens with two attached hydrogens (primary N) is 1. The van der Waals surface area contributed by atoms with Crippen molar-refractivity contribution in [3.8, 4) is 0 Å². The summed E-state index contributed by atoms with van der Waals surface area (Å²) in [6, 6.07) is 11.9. The number of aryl methyl sites for hydroxylation is 2. The smallest absolute Gasteiger partial charge is 0.262 e. The van der Waals surface area contributed by atoms with E-state index in [2.05, 4.69) is 4.72 Å². The molecule has 2 aromatic rings. The molecule has 1 atom stereocenters. The maximum Gasteiger partial charge on any atom is 0.262 e. The minimum absolute atomic E-state index is 0. The van der Waals surface area contributed by atoms with Gasteiger partial charge in [0.2, 0.25) is 0 Å². The van der Waals surface area contributed by atoms with Crippen LogP contribution in [0.5, 0.6) is 0 Å². The van der Waals surface area contributed by atoms with Crippen LogP contribution in [0.4, 0.5) is 5.69 Å². The number of anilines is 1. The fourth-order valence-corrected chi connectivity index (χ4v) is 4.68. The van der Waals surface area contributed by atoms with Gasteiger partial charge < -0.3 is 10.6 Å². The highest BCUT2D eigenvalue weighted by molar-refractivity contribution is 7.92. The lowest BCUT2D eigenvalue weighted by molar-refractivity contribution is 0.0709. The third kappa shape index (κ3) is 5.04. The van der Waals surface area contributed by atoms with Crippen LogP contribution in [0.3, 0.4) is 0 Å². The largest absolute Gasteiger partial charge is 0.337 e. The molecule has 1 aliphatic heterocycles. The average Bonchev–Trinajstić information content (AvgIpc) is 2.63. The lowest BCUT2D eigenvalue weighted by atomic mass is 10.1. The number of piperidine rings is 1. The fourth-order valence-electron chi connectivity index (χ4n) is 3.30. The molecule has 0 spiro atoms. The second kappa shape index (κ2) is 8.94. The van der Waals surface area contributed by atoms with Gasteiger partial charge in [-0.05, 0) is 62.1 Å². The van der Waals surface area contributed by atoms with Crippen LogP contribution in [0.2, 0.25) is 0 Å². The number of nitrogens with one attached hydrogen (secondary N) is 1. The molecule has 3 rings (SSSR count). The molecule has 1 unspecified atom stereocenters. The van der Waals surface area contributed by atoms with Crippen molar-refractivity contribution in [1.29, 1.82) is 0 Å². The number of likely N-dealkylation sites (tertiary alicyclic amines) is 1. The van der Waals surface area contributed by atoms with E-state index in [1.165, 1.54) is 0 Å². The number of hydrogen-bond acceptors (Lipinski definition) is 4. The third-order valence-corrected chi connectivity index (χ3v) is 6.26. The molecule has 152 valence electrons. The minimum Gasteiger partial charge on any atom is -0.337 e. The van der Waals surface area contributed by atoms with Gasteiger partial charge in [-0.25, -0.2) is 8.42 Å². The van der Waals surface area contributed by atoms with E-state index < -0.39 is 10.0 Å². The van der Waals surface area contributed by atoms with E-state index in [9.17, 15) is 13.2 Å². The zero-order valence-corrected chi connectivity index (χ0v) is 17.6. The molecule has 0 bridgehead atoms. The summed E-state index contributed by atoms with van der Waals surface area (Å²) in [6.45, 7) is 4.80. The second-order valence-corrected chi connectivity index (χ2v) is 8.76. The quantitative estimate of drug-likeness (QED) is 0.790. The van der Waals surface area contributed by atoms with Gasteiger partial charge in [0.1, 0.15) is 0 Å². The summed E-state index contributed by atoms with van der Waals surface area (Å²) in [6.07, 6.45) is 1.80. The Morgan fingerprint density at radius 2 is 1.93 bits per heavy atom. The normalized spacial score (nSPS) is 17.0. The van der Waals surface area contributed by atoms with Crippen LogP contribution in [0.25, 0.3) is 0 Å². The Bertz CT molecular complexity index is 963. The van der Waals surface area contributed by atoms with Gasteiger partial charge in [-0.2, -0.15) is 0 Å². The van der Waals surface area contributed by atoms with E-state index in [0.717, 1.165) is 18.4 Å². The Morgan fingerprint density at radius 3 is 2.64 bits per heavy atom. The maximum absolute atomic E-state index is 12.8. The number of nitrogens with zero attached hydrogens (tertiary/aromatic N) is 1. The van der Waals surface area contributed by atoms with Crippen LogP contribution in [-0.4, -0.2) is 38.4 Å². The number of halogens is 1. The van der Waals surface area contributed by atoms with Gasteiger partial charge in [0.15, 0.2) is 0 Å². The lowest BCUT2D eigenvalue weighted by Crippen LogP contribution is -2.45. The first-order chi connectivity index (χ1) is 12.8. The number of sulfonamides is 1. The van der Waals surface area contributed by atoms with Gasteiger partial charge in [-0.15, -0.1) is 12.4 Å². The molecule has 0 saturated carbocycles. The van der Waals surface area contributed by atoms with E-state index in [4.69, 9.17) is 5.73 Å². The number of rotatable bonds is 4. The molecular weight excluding hydrogens is 398 g/mol. The van der Waals surface area contributed by atoms with Gasteiger partial charge in [0, 0.05) is 30.4 Å². The van der Waals surface area contributed by atoms with Crippen molar-refractivity contribution in [1.82, 2.24) is 4.90 Å². The van der Waals surface area contributed by atoms with Crippen LogP contribution < -0.4 is 10.5 Å². The molecule has 0 aliphatic carbocycles. The molecular formula is C20H26ClN3O3S. The monoisotopic (exact) mass is 423 g/mol. The first-order valence-corrected chi connectivity index (χ1v) is 10.5. The van der Waals surface area contributed by atoms with E-state index in [-0.39, 0.29) is 29.3 Å². The standard InChI is InChI=1S/C20H25N3O3S.ClH/c1-14-8-9-15(2)19(11-14)27(25,26)22-18-7-3-5-16(12-18)20(24)23-10-4-6-17(21)13-23;/h3,5,7-9,11-12,17,22H,4,6,10,13,21H2,1-2H3;1H.